The minimum Gasteiger partial charge on any atom is -0.494 e. The highest BCUT2D eigenvalue weighted by Gasteiger charge is 2.45. The first kappa shape index (κ1) is 31.7. The van der Waals surface area contributed by atoms with Gasteiger partial charge in [-0.2, -0.15) is 10.4 Å². The van der Waals surface area contributed by atoms with Crippen LogP contribution in [0.5, 0.6) is 5.75 Å². The van der Waals surface area contributed by atoms with Crippen LogP contribution in [0, 0.1) is 18.3 Å². The van der Waals surface area contributed by atoms with Gasteiger partial charge in [0.25, 0.3) is 11.8 Å². The van der Waals surface area contributed by atoms with Crippen LogP contribution in [-0.2, 0) is 19.4 Å². The molecule has 1 aromatic heterocycles. The average Bonchev–Trinajstić information content (AvgIpc) is 3.65. The molecule has 2 amide bonds. The number of amides is 2. The minimum atomic E-state index is -3.43. The first-order valence-electron chi connectivity index (χ1n) is 15.6. The lowest BCUT2D eigenvalue weighted by atomic mass is 9.86. The van der Waals surface area contributed by atoms with Crippen molar-refractivity contribution in [1.29, 1.82) is 5.26 Å². The van der Waals surface area contributed by atoms with E-state index in [0.717, 1.165) is 40.3 Å². The van der Waals surface area contributed by atoms with Crippen LogP contribution in [-0.4, -0.2) is 59.1 Å². The van der Waals surface area contributed by atoms with E-state index >= 15 is 0 Å². The zero-order valence-corrected chi connectivity index (χ0v) is 27.0. The summed E-state index contributed by atoms with van der Waals surface area (Å²) < 4.78 is 32.5. The van der Waals surface area contributed by atoms with E-state index in [9.17, 15) is 23.3 Å². The Bertz CT molecular complexity index is 2060. The monoisotopic (exact) mass is 646 g/mol. The van der Waals surface area contributed by atoms with E-state index < -0.39 is 27.7 Å². The normalized spacial score (nSPS) is 18.5. The lowest BCUT2D eigenvalue weighted by Gasteiger charge is -2.32. The van der Waals surface area contributed by atoms with Crippen LogP contribution in [0.4, 0.5) is 0 Å². The van der Waals surface area contributed by atoms with E-state index in [4.69, 9.17) is 9.84 Å². The molecule has 0 bridgehead atoms. The van der Waals surface area contributed by atoms with E-state index in [-0.39, 0.29) is 34.6 Å². The molecule has 9 nitrogen and oxygen atoms in total. The van der Waals surface area contributed by atoms with Crippen molar-refractivity contribution in [2.75, 3.05) is 18.1 Å². The number of aromatic nitrogens is 2. The van der Waals surface area contributed by atoms with Crippen molar-refractivity contribution in [3.63, 3.8) is 0 Å². The number of hydrogen-bond donors (Lipinski definition) is 0. The van der Waals surface area contributed by atoms with Gasteiger partial charge in [0.15, 0.2) is 9.84 Å². The van der Waals surface area contributed by atoms with Gasteiger partial charge >= 0.3 is 0 Å². The highest BCUT2D eigenvalue weighted by atomic mass is 32.2. The third-order valence-corrected chi connectivity index (χ3v) is 10.2. The van der Waals surface area contributed by atoms with Crippen LogP contribution in [0.3, 0.4) is 0 Å². The van der Waals surface area contributed by atoms with Crippen molar-refractivity contribution in [3.8, 4) is 28.8 Å². The molecule has 0 saturated carbocycles. The first-order chi connectivity index (χ1) is 22.7. The van der Waals surface area contributed by atoms with Gasteiger partial charge in [0.05, 0.1) is 35.4 Å². The standard InChI is InChI=1S/C37H34N4O5S/c1-3-4-18-46-30-15-16-31(25(2)20-30)35-27(23-40(39-35)28-13-9-6-10-14-28)21-32-34(26-11-7-5-8-12-26)33(22-38)37(43)41(36(32)42)29-17-19-47(44,45)24-29/h5-16,20-21,23,29H,3-4,17-19,24H2,1-2H3/b32-21-. The van der Waals surface area contributed by atoms with Crippen LogP contribution in [0.2, 0.25) is 0 Å². The second kappa shape index (κ2) is 13.2. The molecule has 1 saturated heterocycles. The molecular formula is C37H34N4O5S. The quantitative estimate of drug-likeness (QED) is 0.125. The third kappa shape index (κ3) is 6.40. The number of ether oxygens (including phenoxy) is 1. The van der Waals surface area contributed by atoms with E-state index in [0.29, 0.717) is 23.4 Å². The molecule has 0 radical (unpaired) electrons. The number of benzene rings is 3. The summed E-state index contributed by atoms with van der Waals surface area (Å²) in [5.74, 6) is -1.15. The predicted molar refractivity (Wildman–Crippen MR) is 180 cm³/mol. The molecule has 0 aliphatic carbocycles. The van der Waals surface area contributed by atoms with Gasteiger partial charge in [0.1, 0.15) is 23.1 Å². The van der Waals surface area contributed by atoms with Crippen molar-refractivity contribution in [1.82, 2.24) is 14.7 Å². The minimum absolute atomic E-state index is 0.114. The molecule has 1 unspecified atom stereocenters. The Labute approximate surface area is 274 Å². The Hall–Kier alpha value is -5.27. The molecule has 4 aromatic rings. The Kier molecular flexibility index (Phi) is 8.92. The second-order valence-electron chi connectivity index (χ2n) is 11.7. The van der Waals surface area contributed by atoms with Crippen LogP contribution in [0.1, 0.15) is 42.9 Å². The number of hydrogen-bond acceptors (Lipinski definition) is 7. The predicted octanol–water partition coefficient (Wildman–Crippen LogP) is 5.94. The largest absolute Gasteiger partial charge is 0.494 e. The summed E-state index contributed by atoms with van der Waals surface area (Å²) in [5, 5.41) is 15.3. The average molecular weight is 647 g/mol. The number of nitriles is 1. The van der Waals surface area contributed by atoms with E-state index in [1.165, 1.54) is 0 Å². The number of aryl methyl sites for hydroxylation is 1. The van der Waals surface area contributed by atoms with Crippen molar-refractivity contribution < 1.29 is 22.7 Å². The molecule has 10 heteroatoms. The van der Waals surface area contributed by atoms with Gasteiger partial charge in [0.2, 0.25) is 0 Å². The van der Waals surface area contributed by atoms with Crippen molar-refractivity contribution >= 4 is 33.3 Å². The number of carbonyl (C=O) groups excluding carboxylic acids is 2. The maximum absolute atomic E-state index is 14.4. The van der Waals surface area contributed by atoms with Crippen LogP contribution in [0.15, 0.2) is 96.2 Å². The summed E-state index contributed by atoms with van der Waals surface area (Å²) in [4.78, 5) is 29.1. The van der Waals surface area contributed by atoms with Gasteiger partial charge in [-0.25, -0.2) is 13.1 Å². The van der Waals surface area contributed by atoms with E-state index in [2.05, 4.69) is 6.92 Å². The summed E-state index contributed by atoms with van der Waals surface area (Å²) >= 11 is 0. The highest BCUT2D eigenvalue weighted by Crippen LogP contribution is 2.39. The molecule has 0 N–H and O–H groups in total. The number of unbranched alkanes of at least 4 members (excludes halogenated alkanes) is 1. The third-order valence-electron chi connectivity index (χ3n) is 8.43. The summed E-state index contributed by atoms with van der Waals surface area (Å²) in [6.07, 6.45) is 5.57. The number of rotatable bonds is 9. The van der Waals surface area contributed by atoms with Gasteiger partial charge < -0.3 is 4.74 Å². The van der Waals surface area contributed by atoms with Crippen molar-refractivity contribution in [2.24, 2.45) is 0 Å². The SMILES string of the molecule is CCCCOc1ccc(-c2nn(-c3ccccc3)cc2/C=C2\C(=O)N(C3CCS(=O)(=O)C3)C(=O)C(C#N)=C2c2ccccc2)c(C)c1. The van der Waals surface area contributed by atoms with Gasteiger partial charge in [-0.1, -0.05) is 61.9 Å². The van der Waals surface area contributed by atoms with Crippen LogP contribution >= 0.6 is 0 Å². The topological polar surface area (TPSA) is 122 Å². The molecule has 2 aliphatic rings. The molecule has 1 atom stereocenters. The zero-order valence-electron chi connectivity index (χ0n) is 26.2. The molecule has 6 rings (SSSR count). The molecule has 2 aliphatic heterocycles. The molecule has 3 heterocycles. The lowest BCUT2D eigenvalue weighted by Crippen LogP contribution is -2.49. The van der Waals surface area contributed by atoms with E-state index in [1.807, 2.05) is 73.8 Å². The first-order valence-corrected chi connectivity index (χ1v) is 17.4. The van der Waals surface area contributed by atoms with Gasteiger partial charge in [-0.05, 0) is 67.3 Å². The van der Waals surface area contributed by atoms with Gasteiger partial charge in [-0.15, -0.1) is 0 Å². The number of sulfone groups is 1. The summed E-state index contributed by atoms with van der Waals surface area (Å²) in [6.45, 7) is 4.69. The van der Waals surface area contributed by atoms with Gasteiger partial charge in [0, 0.05) is 22.9 Å². The summed E-state index contributed by atoms with van der Waals surface area (Å²) in [7, 11) is -3.43. The smallest absolute Gasteiger partial charge is 0.272 e. The number of para-hydroxylation sites is 1. The fraction of sp³-hybridized carbons (Fsp3) is 0.243. The van der Waals surface area contributed by atoms with Crippen LogP contribution in [0.25, 0.3) is 28.6 Å². The maximum atomic E-state index is 14.4. The zero-order chi connectivity index (χ0) is 33.1. The fourth-order valence-electron chi connectivity index (χ4n) is 6.04. The molecule has 3 aromatic carbocycles. The van der Waals surface area contributed by atoms with Crippen LogP contribution < -0.4 is 4.74 Å². The Morgan fingerprint density at radius 3 is 2.38 bits per heavy atom. The lowest BCUT2D eigenvalue weighted by molar-refractivity contribution is -0.142. The van der Waals surface area contributed by atoms with Gasteiger partial charge in [-0.3, -0.25) is 14.5 Å². The second-order valence-corrected chi connectivity index (χ2v) is 13.9. The number of nitrogens with zero attached hydrogens (tertiary/aromatic N) is 4. The fourth-order valence-corrected chi connectivity index (χ4v) is 7.74. The molecule has 1 fully saturated rings. The Balaban J connectivity index is 1.55. The van der Waals surface area contributed by atoms with Crippen molar-refractivity contribution in [3.05, 3.63) is 113 Å². The molecule has 238 valence electrons. The van der Waals surface area contributed by atoms with Crippen molar-refractivity contribution in [2.45, 2.75) is 39.2 Å². The number of imide groups is 1. The number of carbonyl (C=O) groups is 2. The molecular weight excluding hydrogens is 612 g/mol. The molecule has 0 spiro atoms. The molecule has 47 heavy (non-hydrogen) atoms. The van der Waals surface area contributed by atoms with E-state index in [1.54, 1.807) is 35.0 Å². The maximum Gasteiger partial charge on any atom is 0.272 e. The summed E-state index contributed by atoms with van der Waals surface area (Å²) in [5.41, 5.74) is 4.33. The Morgan fingerprint density at radius 2 is 1.74 bits per heavy atom. The summed E-state index contributed by atoms with van der Waals surface area (Å²) in [6, 6.07) is 25.4. The Morgan fingerprint density at radius 1 is 1.02 bits per heavy atom. The highest BCUT2D eigenvalue weighted by molar-refractivity contribution is 7.91.